The van der Waals surface area contributed by atoms with Gasteiger partial charge in [-0.15, -0.1) is 0 Å². The van der Waals surface area contributed by atoms with Gasteiger partial charge < -0.3 is 45.1 Å². The van der Waals surface area contributed by atoms with E-state index in [0.29, 0.717) is 53.7 Å². The first-order valence-electron chi connectivity index (χ1n) is 20.1. The van der Waals surface area contributed by atoms with Crippen LogP contribution in [0.15, 0.2) is 65.6 Å². The molecular formula is C44H56BrF2N3O5. The Morgan fingerprint density at radius 2 is 1.42 bits per heavy atom. The van der Waals surface area contributed by atoms with Crippen molar-refractivity contribution in [2.45, 2.75) is 85.0 Å². The van der Waals surface area contributed by atoms with E-state index in [-0.39, 0.29) is 34.8 Å². The number of unbranched alkanes of at least 4 members (excludes halogenated alkanes) is 5. The number of aromatic nitrogens is 1. The Morgan fingerprint density at radius 3 is 2.07 bits per heavy atom. The molecule has 1 aromatic heterocycles. The van der Waals surface area contributed by atoms with Crippen molar-refractivity contribution in [3.05, 3.63) is 88.2 Å². The first kappa shape index (κ1) is 42.2. The lowest BCUT2D eigenvalue weighted by atomic mass is 9.85. The summed E-state index contributed by atoms with van der Waals surface area (Å²) in [7, 11) is 0. The third kappa shape index (κ3) is 10.5. The van der Waals surface area contributed by atoms with E-state index in [1.165, 1.54) is 86.7 Å². The number of anilines is 1. The maximum atomic E-state index is 14.2. The molecule has 0 aliphatic carbocycles. The first-order valence-corrected chi connectivity index (χ1v) is 20.1. The molecule has 7 rings (SSSR count). The third-order valence-electron chi connectivity index (χ3n) is 11.2. The molecule has 4 heterocycles. The molecule has 3 fully saturated rings. The SMILES string of the molecule is CCCOc1cc(OCC)cc(-n2cc(C(=O)N(CC)c3cc(F)cc(F)c3)c(=O)c3ccc(OCCCCCCCC[N+]45CCC(CC4)CC5)cc32)c1.[Br-]. The number of hydrogen-bond donors (Lipinski definition) is 0. The van der Waals surface area contributed by atoms with Gasteiger partial charge in [0.05, 0.1) is 57.2 Å². The smallest absolute Gasteiger partial charge is 0.263 e. The topological polar surface area (TPSA) is 70.0 Å². The lowest BCUT2D eigenvalue weighted by molar-refractivity contribution is -0.942. The number of halogens is 3. The molecule has 2 bridgehead atoms. The average Bonchev–Trinajstić information content (AvgIpc) is 3.17. The second kappa shape index (κ2) is 19.8. The molecule has 0 N–H and O–H groups in total. The molecular weight excluding hydrogens is 768 g/mol. The average molecular weight is 825 g/mol. The van der Waals surface area contributed by atoms with Gasteiger partial charge in [0.2, 0.25) is 5.43 Å². The fraction of sp³-hybridized carbons (Fsp3) is 0.500. The molecule has 3 aliphatic rings. The number of carbonyl (C=O) groups excluding carboxylic acids is 1. The van der Waals surface area contributed by atoms with Crippen LogP contribution in [0.25, 0.3) is 16.6 Å². The molecule has 3 saturated heterocycles. The number of carbonyl (C=O) groups is 1. The number of pyridine rings is 1. The van der Waals surface area contributed by atoms with E-state index >= 15 is 0 Å². The number of quaternary nitrogens is 1. The van der Waals surface area contributed by atoms with Crippen molar-refractivity contribution in [1.29, 1.82) is 0 Å². The Hall–Kier alpha value is -3.96. The van der Waals surface area contributed by atoms with Gasteiger partial charge >= 0.3 is 0 Å². The van der Waals surface area contributed by atoms with Crippen LogP contribution in [0.1, 0.15) is 95.3 Å². The van der Waals surface area contributed by atoms with Gasteiger partial charge in [0.1, 0.15) is 34.4 Å². The maximum Gasteiger partial charge on any atom is 0.263 e. The molecule has 0 atom stereocenters. The van der Waals surface area contributed by atoms with E-state index in [1.807, 2.05) is 38.1 Å². The summed E-state index contributed by atoms with van der Waals surface area (Å²) < 4.78 is 49.7. The summed E-state index contributed by atoms with van der Waals surface area (Å²) in [5.74, 6) is 0.459. The van der Waals surface area contributed by atoms with Gasteiger partial charge in [-0.05, 0) is 89.0 Å². The van der Waals surface area contributed by atoms with Crippen LogP contribution in [0, 0.1) is 17.6 Å². The Kier molecular flexibility index (Phi) is 15.2. The van der Waals surface area contributed by atoms with Crippen molar-refractivity contribution in [3.8, 4) is 22.9 Å². The third-order valence-corrected chi connectivity index (χ3v) is 11.2. The molecule has 0 spiro atoms. The first-order chi connectivity index (χ1) is 26.2. The highest BCUT2D eigenvalue weighted by Gasteiger charge is 2.38. The molecule has 4 aromatic rings. The fourth-order valence-electron chi connectivity index (χ4n) is 8.21. The number of rotatable bonds is 19. The number of piperidine rings is 3. The number of nitrogens with zero attached hydrogens (tertiary/aromatic N) is 3. The lowest BCUT2D eigenvalue weighted by Gasteiger charge is -2.49. The zero-order valence-electron chi connectivity index (χ0n) is 32.6. The zero-order valence-corrected chi connectivity index (χ0v) is 34.2. The maximum absolute atomic E-state index is 14.2. The van der Waals surface area contributed by atoms with Crippen LogP contribution in [0.4, 0.5) is 14.5 Å². The monoisotopic (exact) mass is 823 g/mol. The molecule has 8 nitrogen and oxygen atoms in total. The molecule has 0 unspecified atom stereocenters. The molecule has 0 saturated carbocycles. The van der Waals surface area contributed by atoms with Crippen LogP contribution in [-0.4, -0.2) is 67.5 Å². The number of fused-ring (bicyclic) bond motifs is 4. The highest BCUT2D eigenvalue weighted by molar-refractivity contribution is 6.07. The van der Waals surface area contributed by atoms with Gasteiger partial charge in [0, 0.05) is 54.1 Å². The van der Waals surface area contributed by atoms with Crippen molar-refractivity contribution >= 4 is 22.5 Å². The molecule has 1 amide bonds. The molecule has 0 radical (unpaired) electrons. The van der Waals surface area contributed by atoms with Crippen molar-refractivity contribution < 1.29 is 49.3 Å². The van der Waals surface area contributed by atoms with Crippen molar-refractivity contribution in [2.75, 3.05) is 57.4 Å². The van der Waals surface area contributed by atoms with Crippen molar-refractivity contribution in [1.82, 2.24) is 4.57 Å². The van der Waals surface area contributed by atoms with Crippen LogP contribution in [0.5, 0.6) is 17.2 Å². The van der Waals surface area contributed by atoms with Crippen LogP contribution in [-0.2, 0) is 0 Å². The molecule has 3 aromatic carbocycles. The number of ether oxygens (including phenoxy) is 3. The summed E-state index contributed by atoms with van der Waals surface area (Å²) in [6.07, 6.45) is 13.7. The summed E-state index contributed by atoms with van der Waals surface area (Å²) in [5, 5.41) is 0.298. The van der Waals surface area contributed by atoms with Crippen molar-refractivity contribution in [3.63, 3.8) is 0 Å². The standard InChI is InChI=1S/C44H56F2N3O5.BrH/c1-4-22-53-39-28-36(27-38(29-39)52-6-3)48-31-41(44(51)47(5-2)35-25-33(45)24-34(46)26-35)43(50)40-14-13-37(30-42(40)48)54-23-12-10-8-7-9-11-18-49-19-15-32(16-20-49)17-21-49;/h13-14,24-32H,4-12,15-23H2,1-3H3;1H/q+1;/p-1. The van der Waals surface area contributed by atoms with Gasteiger partial charge in [0.25, 0.3) is 5.91 Å². The summed E-state index contributed by atoms with van der Waals surface area (Å²) in [6, 6.07) is 13.6. The van der Waals surface area contributed by atoms with E-state index < -0.39 is 23.0 Å². The summed E-state index contributed by atoms with van der Waals surface area (Å²) >= 11 is 0. The number of amides is 1. The minimum absolute atomic E-state index is 0. The largest absolute Gasteiger partial charge is 1.00 e. The van der Waals surface area contributed by atoms with E-state index in [1.54, 1.807) is 23.6 Å². The quantitative estimate of drug-likeness (QED) is 0.0801. The van der Waals surface area contributed by atoms with E-state index in [0.717, 1.165) is 43.4 Å². The number of benzene rings is 3. The van der Waals surface area contributed by atoms with Gasteiger partial charge in [0.15, 0.2) is 0 Å². The van der Waals surface area contributed by atoms with E-state index in [9.17, 15) is 18.4 Å². The van der Waals surface area contributed by atoms with Gasteiger partial charge in [-0.25, -0.2) is 8.78 Å². The van der Waals surface area contributed by atoms with Gasteiger partial charge in [-0.3, -0.25) is 9.59 Å². The summed E-state index contributed by atoms with van der Waals surface area (Å²) in [5.41, 5.74) is 0.524. The Bertz CT molecular complexity index is 1930. The van der Waals surface area contributed by atoms with Crippen LogP contribution >= 0.6 is 0 Å². The predicted molar refractivity (Wildman–Crippen MR) is 210 cm³/mol. The Morgan fingerprint density at radius 1 is 0.782 bits per heavy atom. The van der Waals surface area contributed by atoms with Crippen molar-refractivity contribution in [2.24, 2.45) is 5.92 Å². The minimum atomic E-state index is -0.817. The van der Waals surface area contributed by atoms with Gasteiger partial charge in [-0.2, -0.15) is 0 Å². The molecule has 11 heteroatoms. The van der Waals surface area contributed by atoms with Crippen LogP contribution < -0.4 is 41.5 Å². The predicted octanol–water partition coefficient (Wildman–Crippen LogP) is 6.48. The Balaban J connectivity index is 0.00000580. The molecule has 55 heavy (non-hydrogen) atoms. The van der Waals surface area contributed by atoms with Crippen LogP contribution in [0.3, 0.4) is 0 Å². The Labute approximate surface area is 334 Å². The molecule has 298 valence electrons. The summed E-state index contributed by atoms with van der Waals surface area (Å²) in [6.45, 7) is 12.7. The number of hydrogen-bond acceptors (Lipinski definition) is 5. The minimum Gasteiger partial charge on any atom is -1.00 e. The highest BCUT2D eigenvalue weighted by atomic mass is 79.9. The van der Waals surface area contributed by atoms with E-state index in [2.05, 4.69) is 0 Å². The lowest BCUT2D eigenvalue weighted by Crippen LogP contribution is -3.00. The normalized spacial score (nSPS) is 17.5. The molecule has 3 aliphatic heterocycles. The zero-order chi connectivity index (χ0) is 38.1. The highest BCUT2D eigenvalue weighted by Crippen LogP contribution is 2.34. The second-order valence-electron chi connectivity index (χ2n) is 15.0. The summed E-state index contributed by atoms with van der Waals surface area (Å²) in [4.78, 5) is 29.3. The second-order valence-corrected chi connectivity index (χ2v) is 15.0. The fourth-order valence-corrected chi connectivity index (χ4v) is 8.21. The van der Waals surface area contributed by atoms with E-state index in [4.69, 9.17) is 14.2 Å². The van der Waals surface area contributed by atoms with Gasteiger partial charge in [-0.1, -0.05) is 26.2 Å². The van der Waals surface area contributed by atoms with Crippen LogP contribution in [0.2, 0.25) is 0 Å².